The van der Waals surface area contributed by atoms with Crippen molar-refractivity contribution in [2.45, 2.75) is 49.3 Å². The molecule has 1 saturated heterocycles. The number of carbonyl (C=O) groups is 2. The zero-order valence-electron chi connectivity index (χ0n) is 21.2. The molecule has 2 aromatic rings. The third-order valence-corrected chi connectivity index (χ3v) is 8.17. The third kappa shape index (κ3) is 6.95. The van der Waals surface area contributed by atoms with Crippen LogP contribution in [-0.4, -0.2) is 63.9 Å². The first-order valence-corrected chi connectivity index (χ1v) is 13.3. The molecule has 1 fully saturated rings. The van der Waals surface area contributed by atoms with Gasteiger partial charge in [0.15, 0.2) is 0 Å². The monoisotopic (exact) mass is 557 g/mol. The zero-order valence-corrected chi connectivity index (χ0v) is 22.0. The van der Waals surface area contributed by atoms with E-state index in [0.29, 0.717) is 17.1 Å². The summed E-state index contributed by atoms with van der Waals surface area (Å²) < 4.78 is 77.7. The molecule has 13 heteroatoms. The van der Waals surface area contributed by atoms with Crippen LogP contribution in [0.25, 0.3) is 0 Å². The van der Waals surface area contributed by atoms with Gasteiger partial charge in [0.2, 0.25) is 21.8 Å². The average molecular weight is 558 g/mol. The van der Waals surface area contributed by atoms with Crippen LogP contribution in [0.15, 0.2) is 47.4 Å². The quantitative estimate of drug-likeness (QED) is 0.490. The summed E-state index contributed by atoms with van der Waals surface area (Å²) in [6.45, 7) is 1.13. The van der Waals surface area contributed by atoms with E-state index in [-0.39, 0.29) is 32.4 Å². The number of piperidine rings is 1. The van der Waals surface area contributed by atoms with Crippen LogP contribution in [0.5, 0.6) is 11.5 Å². The molecule has 2 aromatic carbocycles. The van der Waals surface area contributed by atoms with Crippen molar-refractivity contribution >= 4 is 21.8 Å². The van der Waals surface area contributed by atoms with Gasteiger partial charge in [-0.15, -0.1) is 0 Å². The van der Waals surface area contributed by atoms with Crippen molar-refractivity contribution in [2.75, 3.05) is 27.3 Å². The second-order valence-electron chi connectivity index (χ2n) is 8.82. The van der Waals surface area contributed by atoms with E-state index in [1.807, 2.05) is 0 Å². The zero-order chi connectivity index (χ0) is 28.1. The number of halogens is 3. The van der Waals surface area contributed by atoms with Gasteiger partial charge in [0, 0.05) is 38.0 Å². The first-order valence-electron chi connectivity index (χ1n) is 11.8. The minimum absolute atomic E-state index is 0.0754. The van der Waals surface area contributed by atoms with E-state index in [4.69, 9.17) is 9.47 Å². The molecular weight excluding hydrogens is 527 g/mol. The van der Waals surface area contributed by atoms with Gasteiger partial charge in [-0.2, -0.15) is 17.5 Å². The summed E-state index contributed by atoms with van der Waals surface area (Å²) >= 11 is 0. The van der Waals surface area contributed by atoms with Crippen LogP contribution in [-0.2, 0) is 32.2 Å². The highest BCUT2D eigenvalue weighted by atomic mass is 32.2. The van der Waals surface area contributed by atoms with E-state index in [1.165, 1.54) is 27.2 Å². The number of nitrogens with zero attached hydrogens (tertiary/aromatic N) is 1. The Hall–Kier alpha value is -3.32. The molecule has 9 nitrogen and oxygen atoms in total. The Morgan fingerprint density at radius 3 is 2.32 bits per heavy atom. The summed E-state index contributed by atoms with van der Waals surface area (Å²) in [5.41, 5.74) is -0.591. The maximum atomic E-state index is 13.4. The van der Waals surface area contributed by atoms with Crippen LogP contribution in [0.4, 0.5) is 13.2 Å². The van der Waals surface area contributed by atoms with Gasteiger partial charge < -0.3 is 20.1 Å². The lowest BCUT2D eigenvalue weighted by Gasteiger charge is -2.33. The molecule has 2 N–H and O–H groups in total. The maximum absolute atomic E-state index is 13.4. The van der Waals surface area contributed by atoms with Crippen molar-refractivity contribution in [3.63, 3.8) is 0 Å². The summed E-state index contributed by atoms with van der Waals surface area (Å²) in [5, 5.41) is 5.45. The van der Waals surface area contributed by atoms with Gasteiger partial charge in [0.25, 0.3) is 0 Å². The molecular formula is C25H30F3N3O6S. The SMILES string of the molecule is COc1ccc(OC)c(C[C@@H](NC(C)=O)C(=O)NC2CCN(S(=O)(=O)c3ccccc3C(F)(F)F)CC2)c1. The van der Waals surface area contributed by atoms with Crippen molar-refractivity contribution in [2.24, 2.45) is 0 Å². The molecule has 208 valence electrons. The van der Waals surface area contributed by atoms with Crippen LogP contribution in [0.3, 0.4) is 0 Å². The van der Waals surface area contributed by atoms with Gasteiger partial charge in [-0.05, 0) is 43.2 Å². The van der Waals surface area contributed by atoms with Crippen molar-refractivity contribution in [3.8, 4) is 11.5 Å². The number of methoxy groups -OCH3 is 2. The number of ether oxygens (including phenoxy) is 2. The largest absolute Gasteiger partial charge is 0.497 e. The molecule has 1 heterocycles. The highest BCUT2D eigenvalue weighted by Crippen LogP contribution is 2.35. The summed E-state index contributed by atoms with van der Waals surface area (Å²) in [4.78, 5) is 24.1. The van der Waals surface area contributed by atoms with Crippen LogP contribution in [0, 0.1) is 0 Å². The molecule has 38 heavy (non-hydrogen) atoms. The molecule has 0 radical (unpaired) electrons. The van der Waals surface area contributed by atoms with E-state index in [9.17, 15) is 31.2 Å². The van der Waals surface area contributed by atoms with Gasteiger partial charge in [0.1, 0.15) is 17.5 Å². The van der Waals surface area contributed by atoms with Crippen LogP contribution < -0.4 is 20.1 Å². The number of rotatable bonds is 9. The molecule has 1 aliphatic heterocycles. The van der Waals surface area contributed by atoms with E-state index in [1.54, 1.807) is 18.2 Å². The normalized spacial score (nSPS) is 15.9. The Kier molecular flexibility index (Phi) is 9.26. The van der Waals surface area contributed by atoms with Gasteiger partial charge in [-0.3, -0.25) is 9.59 Å². The van der Waals surface area contributed by atoms with Crippen LogP contribution in [0.1, 0.15) is 30.9 Å². The standard InChI is InChI=1S/C25H30F3N3O6S/c1-16(32)29-21(15-17-14-19(36-2)8-9-22(17)37-3)24(33)30-18-10-12-31(13-11-18)38(34,35)23-7-5-4-6-20(23)25(26,27)28/h4-9,14,18,21H,10-13,15H2,1-3H3,(H,29,32)(H,30,33)/t21-/m1/s1. The highest BCUT2D eigenvalue weighted by molar-refractivity contribution is 7.89. The number of sulfonamides is 1. The Morgan fingerprint density at radius 2 is 1.74 bits per heavy atom. The number of hydrogen-bond donors (Lipinski definition) is 2. The third-order valence-electron chi connectivity index (χ3n) is 6.22. The number of amides is 2. The van der Waals surface area contributed by atoms with Crippen LogP contribution in [0.2, 0.25) is 0 Å². The Morgan fingerprint density at radius 1 is 1.08 bits per heavy atom. The fourth-order valence-corrected chi connectivity index (χ4v) is 6.01. The summed E-state index contributed by atoms with van der Waals surface area (Å²) in [5.74, 6) is 0.153. The first kappa shape index (κ1) is 29.2. The Labute approximate surface area is 219 Å². The average Bonchev–Trinajstić information content (AvgIpc) is 2.87. The van der Waals surface area contributed by atoms with Gasteiger partial charge in [0.05, 0.1) is 24.7 Å². The van der Waals surface area contributed by atoms with E-state index in [0.717, 1.165) is 22.5 Å². The first-order chi connectivity index (χ1) is 17.9. The lowest BCUT2D eigenvalue weighted by Crippen LogP contribution is -2.53. The van der Waals surface area contributed by atoms with Crippen molar-refractivity contribution in [1.82, 2.24) is 14.9 Å². The van der Waals surface area contributed by atoms with Crippen molar-refractivity contribution in [1.29, 1.82) is 0 Å². The molecule has 0 spiro atoms. The topological polar surface area (TPSA) is 114 Å². The maximum Gasteiger partial charge on any atom is 0.417 e. The second kappa shape index (κ2) is 12.0. The van der Waals surface area contributed by atoms with E-state index in [2.05, 4.69) is 10.6 Å². The Bertz CT molecular complexity index is 1260. The number of hydrogen-bond acceptors (Lipinski definition) is 6. The molecule has 0 saturated carbocycles. The van der Waals surface area contributed by atoms with Crippen molar-refractivity contribution in [3.05, 3.63) is 53.6 Å². The molecule has 1 aliphatic rings. The number of alkyl halides is 3. The van der Waals surface area contributed by atoms with Gasteiger partial charge >= 0.3 is 6.18 Å². The lowest BCUT2D eigenvalue weighted by atomic mass is 10.0. The molecule has 3 rings (SSSR count). The van der Waals surface area contributed by atoms with Crippen LogP contribution >= 0.6 is 0 Å². The predicted molar refractivity (Wildman–Crippen MR) is 132 cm³/mol. The molecule has 0 aromatic heterocycles. The Balaban J connectivity index is 1.70. The van der Waals surface area contributed by atoms with Gasteiger partial charge in [-0.1, -0.05) is 12.1 Å². The van der Waals surface area contributed by atoms with E-state index >= 15 is 0 Å². The second-order valence-corrected chi connectivity index (χ2v) is 10.7. The lowest BCUT2D eigenvalue weighted by molar-refractivity contribution is -0.140. The van der Waals surface area contributed by atoms with E-state index < -0.39 is 50.6 Å². The highest BCUT2D eigenvalue weighted by Gasteiger charge is 2.40. The van der Waals surface area contributed by atoms with Crippen molar-refractivity contribution < 1.29 is 40.7 Å². The number of nitrogens with one attached hydrogen (secondary N) is 2. The number of benzene rings is 2. The number of carbonyl (C=O) groups excluding carboxylic acids is 2. The minimum Gasteiger partial charge on any atom is -0.497 e. The molecule has 0 bridgehead atoms. The minimum atomic E-state index is -4.82. The molecule has 1 atom stereocenters. The summed E-state index contributed by atoms with van der Waals surface area (Å²) in [7, 11) is -1.42. The fourth-order valence-electron chi connectivity index (χ4n) is 4.32. The summed E-state index contributed by atoms with van der Waals surface area (Å²) in [6.07, 6.45) is -4.34. The molecule has 2 amide bonds. The fraction of sp³-hybridized carbons (Fsp3) is 0.440. The van der Waals surface area contributed by atoms with Gasteiger partial charge in [-0.25, -0.2) is 8.42 Å². The smallest absolute Gasteiger partial charge is 0.417 e. The summed E-state index contributed by atoms with van der Waals surface area (Å²) in [6, 6.07) is 7.75. The molecule has 0 aliphatic carbocycles. The molecule has 0 unspecified atom stereocenters. The predicted octanol–water partition coefficient (Wildman–Crippen LogP) is 2.74.